The number of benzene rings is 1. The molecule has 1 unspecified atom stereocenters. The van der Waals surface area contributed by atoms with E-state index in [1.165, 1.54) is 12.1 Å². The van der Waals surface area contributed by atoms with E-state index in [0.717, 1.165) is 25.1 Å². The zero-order valence-electron chi connectivity index (χ0n) is 12.6. The Kier molecular flexibility index (Phi) is 4.83. The van der Waals surface area contributed by atoms with Gasteiger partial charge in [0, 0.05) is 25.4 Å². The molecule has 1 atom stereocenters. The second kappa shape index (κ2) is 7.19. The minimum absolute atomic E-state index is 0.0593. The molecule has 1 aliphatic rings. The number of ether oxygens (including phenoxy) is 1. The molecule has 1 saturated heterocycles. The Morgan fingerprint density at radius 2 is 2.13 bits per heavy atom. The highest BCUT2D eigenvalue weighted by Gasteiger charge is 2.21. The lowest BCUT2D eigenvalue weighted by atomic mass is 10.1. The van der Waals surface area contributed by atoms with Gasteiger partial charge in [-0.05, 0) is 42.8 Å². The average Bonchev–Trinajstić information content (AvgIpc) is 3.11. The van der Waals surface area contributed by atoms with E-state index >= 15 is 0 Å². The third kappa shape index (κ3) is 4.26. The van der Waals surface area contributed by atoms with Gasteiger partial charge < -0.3 is 15.4 Å². The number of halogens is 1. The molecule has 3 rings (SSSR count). The number of hydrogen-bond donors (Lipinski definition) is 2. The summed E-state index contributed by atoms with van der Waals surface area (Å²) in [7, 11) is 0. The van der Waals surface area contributed by atoms with E-state index in [-0.39, 0.29) is 17.6 Å². The van der Waals surface area contributed by atoms with E-state index in [2.05, 4.69) is 15.6 Å². The Hall–Kier alpha value is -2.47. The summed E-state index contributed by atoms with van der Waals surface area (Å²) in [4.78, 5) is 16.1. The van der Waals surface area contributed by atoms with E-state index in [4.69, 9.17) is 4.74 Å². The summed E-state index contributed by atoms with van der Waals surface area (Å²) in [5.41, 5.74) is 0.899. The maximum Gasteiger partial charge on any atom is 0.224 e. The fourth-order valence-corrected chi connectivity index (χ4v) is 2.41. The van der Waals surface area contributed by atoms with Gasteiger partial charge in [0.05, 0.1) is 5.92 Å². The minimum atomic E-state index is -0.311. The first-order valence-electron chi connectivity index (χ1n) is 7.57. The number of nitrogens with zero attached hydrogens (tertiary/aromatic N) is 1. The van der Waals surface area contributed by atoms with E-state index < -0.39 is 0 Å². The highest BCUT2D eigenvalue weighted by molar-refractivity contribution is 5.79. The summed E-state index contributed by atoms with van der Waals surface area (Å²) in [6, 6.07) is 9.32. The zero-order valence-corrected chi connectivity index (χ0v) is 12.6. The first kappa shape index (κ1) is 15.4. The molecule has 2 N–H and O–H groups in total. The summed E-state index contributed by atoms with van der Waals surface area (Å²) in [5, 5.41) is 6.09. The molecule has 0 radical (unpaired) electrons. The summed E-state index contributed by atoms with van der Waals surface area (Å²) >= 11 is 0. The smallest absolute Gasteiger partial charge is 0.224 e. The normalized spacial score (nSPS) is 17.0. The van der Waals surface area contributed by atoms with Gasteiger partial charge in [0.2, 0.25) is 11.8 Å². The van der Waals surface area contributed by atoms with Crippen molar-refractivity contribution in [2.24, 2.45) is 5.92 Å². The minimum Gasteiger partial charge on any atom is -0.439 e. The molecule has 0 aliphatic carbocycles. The first-order valence-corrected chi connectivity index (χ1v) is 7.57. The monoisotopic (exact) mass is 315 g/mol. The molecule has 2 heterocycles. The molecule has 1 aromatic heterocycles. The second-order valence-electron chi connectivity index (χ2n) is 5.47. The van der Waals surface area contributed by atoms with Crippen molar-refractivity contribution in [1.82, 2.24) is 15.6 Å². The molecule has 1 amide bonds. The lowest BCUT2D eigenvalue weighted by Gasteiger charge is -2.10. The predicted octanol–water partition coefficient (Wildman–Crippen LogP) is 2.24. The van der Waals surface area contributed by atoms with Crippen molar-refractivity contribution < 1.29 is 13.9 Å². The van der Waals surface area contributed by atoms with Gasteiger partial charge in [0.15, 0.2) is 0 Å². The predicted molar refractivity (Wildman–Crippen MR) is 83.5 cm³/mol. The van der Waals surface area contributed by atoms with Crippen LogP contribution in [0.1, 0.15) is 12.0 Å². The molecule has 1 fully saturated rings. The third-order valence-electron chi connectivity index (χ3n) is 3.73. The van der Waals surface area contributed by atoms with Gasteiger partial charge in [-0.25, -0.2) is 9.37 Å². The molecule has 0 saturated carbocycles. The molecule has 0 bridgehead atoms. The SMILES string of the molecule is O=C(NCc1ccc(Oc2ccc(F)cc2)nc1)C1CCNC1. The van der Waals surface area contributed by atoms with Crippen LogP contribution < -0.4 is 15.4 Å². The van der Waals surface area contributed by atoms with Crippen LogP contribution in [0.2, 0.25) is 0 Å². The first-order chi connectivity index (χ1) is 11.2. The Bertz CT molecular complexity index is 653. The van der Waals surface area contributed by atoms with Crippen molar-refractivity contribution in [2.75, 3.05) is 13.1 Å². The standard InChI is InChI=1S/C17H18FN3O2/c18-14-2-4-15(5-3-14)23-16-6-1-12(9-20-16)10-21-17(22)13-7-8-19-11-13/h1-6,9,13,19H,7-8,10-11H2,(H,21,22). The Labute approximate surface area is 133 Å². The molecule has 23 heavy (non-hydrogen) atoms. The van der Waals surface area contributed by atoms with Crippen LogP contribution in [0.25, 0.3) is 0 Å². The molecular formula is C17H18FN3O2. The van der Waals surface area contributed by atoms with Gasteiger partial charge in [0.1, 0.15) is 11.6 Å². The summed E-state index contributed by atoms with van der Waals surface area (Å²) < 4.78 is 18.4. The van der Waals surface area contributed by atoms with Gasteiger partial charge in [-0.3, -0.25) is 4.79 Å². The number of hydrogen-bond acceptors (Lipinski definition) is 4. The van der Waals surface area contributed by atoms with E-state index in [0.29, 0.717) is 18.2 Å². The van der Waals surface area contributed by atoms with Crippen LogP contribution in [-0.4, -0.2) is 24.0 Å². The Balaban J connectivity index is 1.52. The molecule has 120 valence electrons. The van der Waals surface area contributed by atoms with Gasteiger partial charge in [-0.1, -0.05) is 6.07 Å². The van der Waals surface area contributed by atoms with E-state index in [1.54, 1.807) is 24.4 Å². The second-order valence-corrected chi connectivity index (χ2v) is 5.47. The van der Waals surface area contributed by atoms with Crippen LogP contribution in [0.15, 0.2) is 42.6 Å². The van der Waals surface area contributed by atoms with Crippen molar-refractivity contribution >= 4 is 5.91 Å². The zero-order chi connectivity index (χ0) is 16.1. The summed E-state index contributed by atoms with van der Waals surface area (Å²) in [6.45, 7) is 2.09. The summed E-state index contributed by atoms with van der Waals surface area (Å²) in [5.74, 6) is 0.764. The number of rotatable bonds is 5. The maximum absolute atomic E-state index is 12.8. The largest absolute Gasteiger partial charge is 0.439 e. The Morgan fingerprint density at radius 1 is 1.30 bits per heavy atom. The number of carbonyl (C=O) groups is 1. The molecule has 1 aliphatic heterocycles. The number of amides is 1. The molecular weight excluding hydrogens is 297 g/mol. The van der Waals surface area contributed by atoms with Gasteiger partial charge in [-0.2, -0.15) is 0 Å². The number of nitrogens with one attached hydrogen (secondary N) is 2. The van der Waals surface area contributed by atoms with E-state index in [1.807, 2.05) is 6.07 Å². The van der Waals surface area contributed by atoms with Crippen molar-refractivity contribution in [3.05, 3.63) is 54.0 Å². The number of aromatic nitrogens is 1. The highest BCUT2D eigenvalue weighted by atomic mass is 19.1. The topological polar surface area (TPSA) is 63.2 Å². The summed E-state index contributed by atoms with van der Waals surface area (Å²) in [6.07, 6.45) is 2.54. The van der Waals surface area contributed by atoms with Crippen LogP contribution >= 0.6 is 0 Å². The van der Waals surface area contributed by atoms with Crippen molar-refractivity contribution in [1.29, 1.82) is 0 Å². The number of pyridine rings is 1. The lowest BCUT2D eigenvalue weighted by molar-refractivity contribution is -0.124. The molecule has 2 aromatic rings. The van der Waals surface area contributed by atoms with E-state index in [9.17, 15) is 9.18 Å². The molecule has 0 spiro atoms. The fourth-order valence-electron chi connectivity index (χ4n) is 2.41. The molecule has 6 heteroatoms. The lowest BCUT2D eigenvalue weighted by Crippen LogP contribution is -2.31. The average molecular weight is 315 g/mol. The van der Waals surface area contributed by atoms with Crippen LogP contribution in [-0.2, 0) is 11.3 Å². The van der Waals surface area contributed by atoms with Crippen LogP contribution in [0.4, 0.5) is 4.39 Å². The quantitative estimate of drug-likeness (QED) is 0.888. The van der Waals surface area contributed by atoms with Crippen LogP contribution in [0.3, 0.4) is 0 Å². The Morgan fingerprint density at radius 3 is 2.78 bits per heavy atom. The third-order valence-corrected chi connectivity index (χ3v) is 3.73. The van der Waals surface area contributed by atoms with Crippen LogP contribution in [0, 0.1) is 11.7 Å². The van der Waals surface area contributed by atoms with Crippen molar-refractivity contribution in [3.63, 3.8) is 0 Å². The molecule has 1 aromatic carbocycles. The highest BCUT2D eigenvalue weighted by Crippen LogP contribution is 2.19. The molecule has 5 nitrogen and oxygen atoms in total. The van der Waals surface area contributed by atoms with Crippen molar-refractivity contribution in [3.8, 4) is 11.6 Å². The van der Waals surface area contributed by atoms with Gasteiger partial charge in [0.25, 0.3) is 0 Å². The maximum atomic E-state index is 12.8. The van der Waals surface area contributed by atoms with Gasteiger partial charge in [-0.15, -0.1) is 0 Å². The van der Waals surface area contributed by atoms with Crippen LogP contribution in [0.5, 0.6) is 11.6 Å². The van der Waals surface area contributed by atoms with Gasteiger partial charge >= 0.3 is 0 Å². The van der Waals surface area contributed by atoms with Crippen molar-refractivity contribution in [2.45, 2.75) is 13.0 Å². The fraction of sp³-hybridized carbons (Fsp3) is 0.294. The number of carbonyl (C=O) groups excluding carboxylic acids is 1.